The number of ether oxygens (including phenoxy) is 2. The van der Waals surface area contributed by atoms with Crippen LogP contribution in [0.15, 0.2) is 0 Å². The molecule has 180 valence electrons. The van der Waals surface area contributed by atoms with E-state index in [0.29, 0.717) is 13.2 Å². The molecule has 8 fully saturated rings. The molecule has 0 heterocycles. The van der Waals surface area contributed by atoms with E-state index < -0.39 is 0 Å². The maximum atomic E-state index is 12.2. The van der Waals surface area contributed by atoms with E-state index in [1.807, 2.05) is 0 Å². The minimum Gasteiger partial charge on any atom is -0.465 e. The molecule has 33 heavy (non-hydrogen) atoms. The number of hydrogen-bond donors (Lipinski definition) is 0. The standard InChI is InChI=1S/2C14H22O2.Zn/c2*1-2-3-16-13(15)14-7-10-4-11(8-14)6-12(5-10)9-14;/h2*10-12H,2-9H2,1H3;/q;;+2. The Morgan fingerprint density at radius 1 is 0.576 bits per heavy atom. The van der Waals surface area contributed by atoms with Crippen LogP contribution in [0.3, 0.4) is 0 Å². The summed E-state index contributed by atoms with van der Waals surface area (Å²) >= 11 is 0. The van der Waals surface area contributed by atoms with Crippen LogP contribution in [-0.4, -0.2) is 25.2 Å². The van der Waals surface area contributed by atoms with Crippen molar-refractivity contribution in [3.63, 3.8) is 0 Å². The molecular weight excluding hydrogens is 466 g/mol. The molecule has 0 aromatic carbocycles. The SMILES string of the molecule is CCCOC(=O)C12CC3CC(CC(C3)C1)C2.CCCOC(=O)C12CC3CC(CC(C3)C1)C2.[Zn+2]. The summed E-state index contributed by atoms with van der Waals surface area (Å²) in [7, 11) is 0. The van der Waals surface area contributed by atoms with Crippen molar-refractivity contribution in [2.75, 3.05) is 13.2 Å². The molecule has 0 amide bonds. The zero-order valence-electron chi connectivity index (χ0n) is 21.1. The van der Waals surface area contributed by atoms with Crippen LogP contribution in [-0.2, 0) is 38.5 Å². The van der Waals surface area contributed by atoms with Gasteiger partial charge < -0.3 is 9.47 Å². The van der Waals surface area contributed by atoms with Crippen molar-refractivity contribution < 1.29 is 38.5 Å². The second-order valence-electron chi connectivity index (χ2n) is 12.7. The molecule has 0 atom stereocenters. The van der Waals surface area contributed by atoms with E-state index >= 15 is 0 Å². The minimum absolute atomic E-state index is 0. The molecule has 8 saturated carbocycles. The second-order valence-corrected chi connectivity index (χ2v) is 12.7. The molecule has 4 nitrogen and oxygen atoms in total. The van der Waals surface area contributed by atoms with Gasteiger partial charge in [0.1, 0.15) is 0 Å². The molecule has 5 heteroatoms. The molecule has 0 spiro atoms. The Bertz CT molecular complexity index is 586. The Labute approximate surface area is 213 Å². The zero-order chi connectivity index (χ0) is 22.3. The molecule has 0 aromatic heterocycles. The van der Waals surface area contributed by atoms with Crippen molar-refractivity contribution in [2.45, 2.75) is 104 Å². The Balaban J connectivity index is 0.000000152. The van der Waals surface area contributed by atoms with E-state index in [4.69, 9.17) is 9.47 Å². The third-order valence-electron chi connectivity index (χ3n) is 9.82. The number of rotatable bonds is 6. The fourth-order valence-electron chi connectivity index (χ4n) is 9.42. The summed E-state index contributed by atoms with van der Waals surface area (Å²) in [6, 6.07) is 0. The normalized spacial score (nSPS) is 43.3. The topological polar surface area (TPSA) is 52.6 Å². The molecule has 8 aliphatic rings. The Kier molecular flexibility index (Phi) is 7.99. The summed E-state index contributed by atoms with van der Waals surface area (Å²) in [5.74, 6) is 5.27. The van der Waals surface area contributed by atoms with Gasteiger partial charge >= 0.3 is 31.4 Å². The van der Waals surface area contributed by atoms with Gasteiger partial charge in [0.25, 0.3) is 0 Å². The Morgan fingerprint density at radius 3 is 1.03 bits per heavy atom. The molecule has 8 bridgehead atoms. The molecule has 0 N–H and O–H groups in total. The first kappa shape index (κ1) is 25.7. The van der Waals surface area contributed by atoms with Crippen LogP contribution < -0.4 is 0 Å². The molecule has 0 aliphatic heterocycles. The Hall–Kier alpha value is -0.437. The van der Waals surface area contributed by atoms with Gasteiger partial charge in [-0.3, -0.25) is 9.59 Å². The third-order valence-corrected chi connectivity index (χ3v) is 9.82. The van der Waals surface area contributed by atoms with Crippen LogP contribution in [0.2, 0.25) is 0 Å². The van der Waals surface area contributed by atoms with Gasteiger partial charge in [-0.05, 0) is 125 Å². The van der Waals surface area contributed by atoms with Gasteiger partial charge in [0.2, 0.25) is 0 Å². The van der Waals surface area contributed by atoms with Crippen LogP contribution in [0.4, 0.5) is 0 Å². The average Bonchev–Trinajstić information content (AvgIpc) is 2.74. The third kappa shape index (κ3) is 5.10. The summed E-state index contributed by atoms with van der Waals surface area (Å²) in [5.41, 5.74) is -0.103. The number of esters is 2. The average molecular weight is 510 g/mol. The fourth-order valence-corrected chi connectivity index (χ4v) is 9.42. The predicted octanol–water partition coefficient (Wildman–Crippen LogP) is 6.31. The van der Waals surface area contributed by atoms with E-state index in [-0.39, 0.29) is 42.2 Å². The van der Waals surface area contributed by atoms with Crippen molar-refractivity contribution in [1.82, 2.24) is 0 Å². The molecular formula is C28H44O4Zn+2. The van der Waals surface area contributed by atoms with Gasteiger partial charge in [-0.1, -0.05) is 13.8 Å². The summed E-state index contributed by atoms with van der Waals surface area (Å²) in [5, 5.41) is 0. The van der Waals surface area contributed by atoms with Crippen LogP contribution in [0.5, 0.6) is 0 Å². The molecule has 8 rings (SSSR count). The zero-order valence-corrected chi connectivity index (χ0v) is 24.1. The smallest absolute Gasteiger partial charge is 0.465 e. The van der Waals surface area contributed by atoms with Crippen LogP contribution in [0.25, 0.3) is 0 Å². The van der Waals surface area contributed by atoms with Gasteiger partial charge in [-0.15, -0.1) is 0 Å². The summed E-state index contributed by atoms with van der Waals surface area (Å²) in [4.78, 5) is 24.5. The van der Waals surface area contributed by atoms with E-state index in [1.54, 1.807) is 0 Å². The van der Waals surface area contributed by atoms with Crippen molar-refractivity contribution in [2.24, 2.45) is 46.3 Å². The van der Waals surface area contributed by atoms with Crippen LogP contribution in [0, 0.1) is 46.3 Å². The van der Waals surface area contributed by atoms with Crippen molar-refractivity contribution >= 4 is 11.9 Å². The molecule has 0 radical (unpaired) electrons. The van der Waals surface area contributed by atoms with Gasteiger partial charge in [0, 0.05) is 0 Å². The first-order chi connectivity index (χ1) is 15.4. The van der Waals surface area contributed by atoms with Crippen molar-refractivity contribution in [3.8, 4) is 0 Å². The largest absolute Gasteiger partial charge is 2.00 e. The monoisotopic (exact) mass is 508 g/mol. The Morgan fingerprint density at radius 2 is 0.818 bits per heavy atom. The number of hydrogen-bond acceptors (Lipinski definition) is 4. The maximum Gasteiger partial charge on any atom is 2.00 e. The van der Waals surface area contributed by atoms with Gasteiger partial charge in [-0.25, -0.2) is 0 Å². The maximum absolute atomic E-state index is 12.2. The summed E-state index contributed by atoms with van der Waals surface area (Å²) in [6.45, 7) is 5.35. The van der Waals surface area contributed by atoms with Crippen LogP contribution in [0.1, 0.15) is 104 Å². The van der Waals surface area contributed by atoms with E-state index in [9.17, 15) is 9.59 Å². The second kappa shape index (κ2) is 10.3. The molecule has 0 unspecified atom stereocenters. The molecule has 0 aromatic rings. The van der Waals surface area contributed by atoms with E-state index in [0.717, 1.165) is 86.9 Å². The van der Waals surface area contributed by atoms with Gasteiger partial charge in [0.15, 0.2) is 0 Å². The minimum atomic E-state index is -0.0517. The quantitative estimate of drug-likeness (QED) is 0.311. The van der Waals surface area contributed by atoms with E-state index in [2.05, 4.69) is 13.8 Å². The van der Waals surface area contributed by atoms with Crippen molar-refractivity contribution in [1.29, 1.82) is 0 Å². The van der Waals surface area contributed by atoms with Gasteiger partial charge in [-0.2, -0.15) is 0 Å². The summed E-state index contributed by atoms with van der Waals surface area (Å²) < 4.78 is 10.9. The summed E-state index contributed by atoms with van der Waals surface area (Å²) in [6.07, 6.45) is 17.0. The van der Waals surface area contributed by atoms with Gasteiger partial charge in [0.05, 0.1) is 24.0 Å². The molecule has 0 saturated heterocycles. The van der Waals surface area contributed by atoms with Crippen LogP contribution >= 0.6 is 0 Å². The first-order valence-corrected chi connectivity index (χ1v) is 13.8. The predicted molar refractivity (Wildman–Crippen MR) is 124 cm³/mol. The fraction of sp³-hybridized carbons (Fsp3) is 0.929. The number of carbonyl (C=O) groups excluding carboxylic acids is 2. The number of carbonyl (C=O) groups is 2. The first-order valence-electron chi connectivity index (χ1n) is 13.8. The van der Waals surface area contributed by atoms with E-state index in [1.165, 1.54) is 38.5 Å². The molecule has 8 aliphatic carbocycles. The van der Waals surface area contributed by atoms with Crippen molar-refractivity contribution in [3.05, 3.63) is 0 Å².